The molecule has 1 fully saturated rings. The van der Waals surface area contributed by atoms with E-state index in [0.29, 0.717) is 6.42 Å². The van der Waals surface area contributed by atoms with Crippen LogP contribution in [0.1, 0.15) is 30.6 Å². The van der Waals surface area contributed by atoms with Crippen LogP contribution in [0.25, 0.3) is 0 Å². The molecule has 5 nitrogen and oxygen atoms in total. The Morgan fingerprint density at radius 3 is 2.80 bits per heavy atom. The zero-order valence-electron chi connectivity index (χ0n) is 8.06. The minimum Gasteiger partial charge on any atom is -0.479 e. The van der Waals surface area contributed by atoms with Gasteiger partial charge in [-0.15, -0.1) is 0 Å². The minimum atomic E-state index is -1.86. The van der Waals surface area contributed by atoms with E-state index in [-0.39, 0.29) is 5.76 Å². The van der Waals surface area contributed by atoms with Crippen LogP contribution in [0.4, 0.5) is 0 Å². The highest BCUT2D eigenvalue weighted by Crippen LogP contribution is 2.63. The van der Waals surface area contributed by atoms with Gasteiger partial charge in [0.05, 0.1) is 6.20 Å². The predicted molar refractivity (Wildman–Crippen MR) is 48.0 cm³/mol. The van der Waals surface area contributed by atoms with E-state index in [9.17, 15) is 15.0 Å². The molecule has 2 N–H and O–H groups in total. The second kappa shape index (κ2) is 2.41. The number of rotatable bonds is 1. The molecule has 1 heterocycles. The van der Waals surface area contributed by atoms with Crippen molar-refractivity contribution in [3.63, 3.8) is 0 Å². The van der Waals surface area contributed by atoms with E-state index < -0.39 is 17.0 Å². The summed E-state index contributed by atoms with van der Waals surface area (Å²) in [5, 5.41) is 23.1. The van der Waals surface area contributed by atoms with E-state index in [1.807, 2.05) is 0 Å². The first-order valence-corrected chi connectivity index (χ1v) is 5.00. The summed E-state index contributed by atoms with van der Waals surface area (Å²) < 4.78 is 4.93. The maximum absolute atomic E-state index is 11.3. The number of nitrogens with zero attached hydrogens (tertiary/aromatic N) is 1. The summed E-state index contributed by atoms with van der Waals surface area (Å²) in [7, 11) is 0. The number of aliphatic hydroxyl groups is 1. The Labute approximate surface area is 85.7 Å². The predicted octanol–water partition coefficient (Wildman–Crippen LogP) is 0.673. The monoisotopic (exact) mass is 209 g/mol. The quantitative estimate of drug-likeness (QED) is 0.710. The third-order valence-corrected chi connectivity index (χ3v) is 3.78. The van der Waals surface area contributed by atoms with E-state index in [2.05, 4.69) is 5.16 Å². The van der Waals surface area contributed by atoms with Gasteiger partial charge in [-0.2, -0.15) is 0 Å². The third-order valence-electron chi connectivity index (χ3n) is 3.78. The van der Waals surface area contributed by atoms with Gasteiger partial charge in [-0.05, 0) is 25.7 Å². The molecule has 0 amide bonds. The lowest BCUT2D eigenvalue weighted by Gasteiger charge is -2.34. The minimum absolute atomic E-state index is 0.138. The summed E-state index contributed by atoms with van der Waals surface area (Å²) >= 11 is 0. The number of hydrogen-bond acceptors (Lipinski definition) is 4. The molecule has 2 aliphatic carbocycles. The van der Waals surface area contributed by atoms with E-state index in [0.717, 1.165) is 24.8 Å². The fourth-order valence-electron chi connectivity index (χ4n) is 2.62. The number of carbonyl (C=O) groups is 1. The molecule has 1 atom stereocenters. The van der Waals surface area contributed by atoms with Crippen LogP contribution in [0.3, 0.4) is 0 Å². The largest absolute Gasteiger partial charge is 0.479 e. The lowest BCUT2D eigenvalue weighted by Crippen LogP contribution is -2.47. The Morgan fingerprint density at radius 1 is 1.47 bits per heavy atom. The van der Waals surface area contributed by atoms with E-state index in [1.165, 1.54) is 6.20 Å². The standard InChI is InChI=1S/C10H11NO4/c12-8(13)10(14)7-6(5-11-15-7)1-2-9(10)3-4-9/h5,14H,1-4H2,(H,12,13). The molecule has 0 aromatic carbocycles. The van der Waals surface area contributed by atoms with Crippen LogP contribution in [-0.2, 0) is 16.8 Å². The summed E-state index contributed by atoms with van der Waals surface area (Å²) in [5.74, 6) is -1.09. The summed E-state index contributed by atoms with van der Waals surface area (Å²) in [4.78, 5) is 11.3. The summed E-state index contributed by atoms with van der Waals surface area (Å²) in [6.45, 7) is 0. The van der Waals surface area contributed by atoms with Crippen molar-refractivity contribution < 1.29 is 19.5 Å². The van der Waals surface area contributed by atoms with E-state index in [4.69, 9.17) is 4.52 Å². The molecule has 0 saturated heterocycles. The molecule has 3 rings (SSSR count). The van der Waals surface area contributed by atoms with Crippen molar-refractivity contribution in [3.05, 3.63) is 17.5 Å². The highest BCUT2D eigenvalue weighted by Gasteiger charge is 2.68. The van der Waals surface area contributed by atoms with Gasteiger partial charge in [0, 0.05) is 11.0 Å². The van der Waals surface area contributed by atoms with Crippen LogP contribution in [-0.4, -0.2) is 21.3 Å². The topological polar surface area (TPSA) is 83.6 Å². The zero-order chi connectivity index (χ0) is 10.7. The number of aromatic nitrogens is 1. The maximum Gasteiger partial charge on any atom is 0.344 e. The Kier molecular flexibility index (Phi) is 1.43. The molecule has 0 aliphatic heterocycles. The fourth-order valence-corrected chi connectivity index (χ4v) is 2.62. The Balaban J connectivity index is 2.21. The summed E-state index contributed by atoms with van der Waals surface area (Å²) in [6.07, 6.45) is 4.43. The van der Waals surface area contributed by atoms with Crippen LogP contribution < -0.4 is 0 Å². The molecule has 5 heteroatoms. The number of fused-ring (bicyclic) bond motifs is 1. The molecule has 0 radical (unpaired) electrons. The Bertz CT molecular complexity index is 434. The molecule has 1 spiro atoms. The third kappa shape index (κ3) is 0.866. The van der Waals surface area contributed by atoms with Crippen molar-refractivity contribution in [1.29, 1.82) is 0 Å². The fraction of sp³-hybridized carbons (Fsp3) is 0.600. The van der Waals surface area contributed by atoms with Gasteiger partial charge in [0.25, 0.3) is 0 Å². The average molecular weight is 209 g/mol. The number of carboxylic acid groups (broad SMARTS) is 1. The van der Waals surface area contributed by atoms with Gasteiger partial charge in [0.15, 0.2) is 5.76 Å². The Morgan fingerprint density at radius 2 is 2.20 bits per heavy atom. The van der Waals surface area contributed by atoms with Crippen molar-refractivity contribution in [2.75, 3.05) is 0 Å². The van der Waals surface area contributed by atoms with Gasteiger partial charge in [0.2, 0.25) is 5.60 Å². The first kappa shape index (κ1) is 8.91. The normalized spacial score (nSPS) is 31.3. The van der Waals surface area contributed by atoms with Gasteiger partial charge >= 0.3 is 5.97 Å². The molecule has 15 heavy (non-hydrogen) atoms. The number of hydrogen-bond donors (Lipinski definition) is 2. The molecule has 2 aliphatic rings. The lowest BCUT2D eigenvalue weighted by atomic mass is 9.72. The highest BCUT2D eigenvalue weighted by atomic mass is 16.5. The average Bonchev–Trinajstić information content (AvgIpc) is 2.82. The SMILES string of the molecule is O=C(O)C1(O)c2oncc2CCC12CC2. The summed E-state index contributed by atoms with van der Waals surface area (Å²) in [5.41, 5.74) is -1.65. The van der Waals surface area contributed by atoms with Crippen molar-refractivity contribution in [1.82, 2.24) is 5.16 Å². The van der Waals surface area contributed by atoms with Gasteiger partial charge in [-0.3, -0.25) is 0 Å². The molecule has 80 valence electrons. The lowest BCUT2D eigenvalue weighted by molar-refractivity contribution is -0.174. The van der Waals surface area contributed by atoms with Gasteiger partial charge in [-0.1, -0.05) is 5.16 Å². The molecular weight excluding hydrogens is 198 g/mol. The van der Waals surface area contributed by atoms with Crippen LogP contribution >= 0.6 is 0 Å². The molecule has 1 aromatic rings. The zero-order valence-corrected chi connectivity index (χ0v) is 8.06. The maximum atomic E-state index is 11.3. The second-order valence-corrected chi connectivity index (χ2v) is 4.48. The van der Waals surface area contributed by atoms with Crippen LogP contribution in [0.2, 0.25) is 0 Å². The smallest absolute Gasteiger partial charge is 0.344 e. The van der Waals surface area contributed by atoms with Gasteiger partial charge in [-0.25, -0.2) is 4.79 Å². The summed E-state index contributed by atoms with van der Waals surface area (Å²) in [6, 6.07) is 0. The second-order valence-electron chi connectivity index (χ2n) is 4.48. The first-order valence-electron chi connectivity index (χ1n) is 5.00. The van der Waals surface area contributed by atoms with Crippen LogP contribution in [0.15, 0.2) is 10.7 Å². The molecule has 1 unspecified atom stereocenters. The van der Waals surface area contributed by atoms with E-state index in [1.54, 1.807) is 0 Å². The molecular formula is C10H11NO4. The van der Waals surface area contributed by atoms with Crippen molar-refractivity contribution >= 4 is 5.97 Å². The van der Waals surface area contributed by atoms with Crippen molar-refractivity contribution in [3.8, 4) is 0 Å². The highest BCUT2D eigenvalue weighted by molar-refractivity contribution is 5.81. The molecule has 0 bridgehead atoms. The number of carboxylic acids is 1. The van der Waals surface area contributed by atoms with Crippen LogP contribution in [0.5, 0.6) is 0 Å². The van der Waals surface area contributed by atoms with Gasteiger partial charge < -0.3 is 14.7 Å². The number of aliphatic carboxylic acids is 1. The molecule has 1 saturated carbocycles. The molecule has 1 aromatic heterocycles. The number of aryl methyl sites for hydroxylation is 1. The van der Waals surface area contributed by atoms with Crippen molar-refractivity contribution in [2.45, 2.75) is 31.3 Å². The first-order chi connectivity index (χ1) is 7.10. The van der Waals surface area contributed by atoms with E-state index >= 15 is 0 Å². The van der Waals surface area contributed by atoms with Crippen LogP contribution in [0, 0.1) is 5.41 Å². The van der Waals surface area contributed by atoms with Gasteiger partial charge in [0.1, 0.15) is 0 Å². The Hall–Kier alpha value is -1.36. The van der Waals surface area contributed by atoms with Crippen molar-refractivity contribution in [2.24, 2.45) is 5.41 Å².